The van der Waals surface area contributed by atoms with Gasteiger partial charge in [-0.1, -0.05) is 12.1 Å². The first-order valence-electron chi connectivity index (χ1n) is 7.32. The topological polar surface area (TPSA) is 63.2 Å². The predicted molar refractivity (Wildman–Crippen MR) is 77.0 cm³/mol. The van der Waals surface area contributed by atoms with Gasteiger partial charge in [0.25, 0.3) is 0 Å². The Morgan fingerprint density at radius 3 is 2.77 bits per heavy atom. The maximum Gasteiger partial charge on any atom is 0.223 e. The molecular formula is C15H17F2NO3S. The molecule has 1 saturated heterocycles. The molecule has 1 heterocycles. The van der Waals surface area contributed by atoms with Crippen LogP contribution in [-0.2, 0) is 14.6 Å². The molecule has 0 unspecified atom stereocenters. The number of benzene rings is 1. The summed E-state index contributed by atoms with van der Waals surface area (Å²) < 4.78 is 50.0. The molecule has 0 radical (unpaired) electrons. The van der Waals surface area contributed by atoms with E-state index in [1.54, 1.807) is 0 Å². The van der Waals surface area contributed by atoms with Gasteiger partial charge in [0, 0.05) is 12.0 Å². The average molecular weight is 329 g/mol. The summed E-state index contributed by atoms with van der Waals surface area (Å²) >= 11 is 0. The molecule has 0 bridgehead atoms. The Morgan fingerprint density at radius 1 is 1.27 bits per heavy atom. The van der Waals surface area contributed by atoms with Crippen molar-refractivity contribution in [3.63, 3.8) is 0 Å². The normalized spacial score (nSPS) is 29.8. The van der Waals surface area contributed by atoms with E-state index in [-0.39, 0.29) is 34.9 Å². The molecule has 0 spiro atoms. The highest BCUT2D eigenvalue weighted by Gasteiger charge is 2.46. The number of amides is 1. The number of rotatable bonds is 3. The minimum Gasteiger partial charge on any atom is -0.352 e. The van der Waals surface area contributed by atoms with Crippen LogP contribution in [0.25, 0.3) is 0 Å². The van der Waals surface area contributed by atoms with Crippen LogP contribution >= 0.6 is 0 Å². The summed E-state index contributed by atoms with van der Waals surface area (Å²) in [5.74, 6) is -2.68. The van der Waals surface area contributed by atoms with Gasteiger partial charge >= 0.3 is 0 Å². The Kier molecular flexibility index (Phi) is 3.92. The number of carbonyl (C=O) groups excluding carboxylic acids is 1. The smallest absolute Gasteiger partial charge is 0.223 e. The van der Waals surface area contributed by atoms with Gasteiger partial charge in [-0.15, -0.1) is 0 Å². The van der Waals surface area contributed by atoms with Crippen LogP contribution < -0.4 is 5.32 Å². The number of carbonyl (C=O) groups is 1. The van der Waals surface area contributed by atoms with Crippen LogP contribution in [-0.4, -0.2) is 31.9 Å². The van der Waals surface area contributed by atoms with Gasteiger partial charge in [0.2, 0.25) is 5.91 Å². The Balaban J connectivity index is 1.62. The molecule has 1 saturated carbocycles. The van der Waals surface area contributed by atoms with Crippen molar-refractivity contribution in [1.82, 2.24) is 5.32 Å². The molecule has 1 N–H and O–H groups in total. The molecule has 120 valence electrons. The number of nitrogens with one attached hydrogen (secondary N) is 1. The third kappa shape index (κ3) is 3.14. The van der Waals surface area contributed by atoms with Crippen LogP contribution in [0.2, 0.25) is 0 Å². The van der Waals surface area contributed by atoms with Gasteiger partial charge in [0.05, 0.1) is 11.5 Å². The molecule has 2 aliphatic rings. The highest BCUT2D eigenvalue weighted by molar-refractivity contribution is 7.91. The zero-order valence-electron chi connectivity index (χ0n) is 11.9. The lowest BCUT2D eigenvalue weighted by Gasteiger charge is -2.23. The van der Waals surface area contributed by atoms with Gasteiger partial charge < -0.3 is 5.32 Å². The second-order valence-electron chi connectivity index (χ2n) is 6.05. The van der Waals surface area contributed by atoms with Crippen molar-refractivity contribution in [1.29, 1.82) is 0 Å². The molecular weight excluding hydrogens is 312 g/mol. The van der Waals surface area contributed by atoms with Crippen molar-refractivity contribution in [2.75, 3.05) is 11.5 Å². The van der Waals surface area contributed by atoms with E-state index in [1.165, 1.54) is 12.1 Å². The predicted octanol–water partition coefficient (Wildman–Crippen LogP) is 1.76. The van der Waals surface area contributed by atoms with E-state index in [0.717, 1.165) is 6.07 Å². The molecule has 1 aliphatic carbocycles. The third-order valence-electron chi connectivity index (χ3n) is 4.32. The molecule has 1 aliphatic heterocycles. The molecule has 22 heavy (non-hydrogen) atoms. The van der Waals surface area contributed by atoms with Crippen molar-refractivity contribution in [2.45, 2.75) is 31.2 Å². The molecule has 4 nitrogen and oxygen atoms in total. The van der Waals surface area contributed by atoms with Gasteiger partial charge in [-0.2, -0.15) is 0 Å². The molecule has 3 atom stereocenters. The first-order chi connectivity index (χ1) is 10.4. The summed E-state index contributed by atoms with van der Waals surface area (Å²) in [4.78, 5) is 12.1. The van der Waals surface area contributed by atoms with Crippen LogP contribution in [0.5, 0.6) is 0 Å². The SMILES string of the molecule is O=C(N[C@@H]1CCCS(=O)(=O)C1)[C@@H]1C[C@H]1c1cccc(F)c1F. The lowest BCUT2D eigenvalue weighted by molar-refractivity contribution is -0.123. The fraction of sp³-hybridized carbons (Fsp3) is 0.533. The average Bonchev–Trinajstić information content (AvgIpc) is 3.21. The van der Waals surface area contributed by atoms with Gasteiger partial charge in [0.1, 0.15) is 0 Å². The van der Waals surface area contributed by atoms with Gasteiger partial charge in [-0.05, 0) is 36.8 Å². The highest BCUT2D eigenvalue weighted by Crippen LogP contribution is 2.48. The Hall–Kier alpha value is -1.50. The van der Waals surface area contributed by atoms with Crippen molar-refractivity contribution >= 4 is 15.7 Å². The van der Waals surface area contributed by atoms with E-state index < -0.39 is 27.4 Å². The number of hydrogen-bond acceptors (Lipinski definition) is 3. The lowest BCUT2D eigenvalue weighted by Crippen LogP contribution is -2.43. The van der Waals surface area contributed by atoms with E-state index in [1.807, 2.05) is 0 Å². The maximum atomic E-state index is 13.7. The summed E-state index contributed by atoms with van der Waals surface area (Å²) in [6.45, 7) is 0. The van der Waals surface area contributed by atoms with Gasteiger partial charge in [-0.25, -0.2) is 17.2 Å². The minimum atomic E-state index is -3.09. The van der Waals surface area contributed by atoms with Gasteiger partial charge in [0.15, 0.2) is 21.5 Å². The zero-order valence-corrected chi connectivity index (χ0v) is 12.7. The molecule has 2 fully saturated rings. The summed E-state index contributed by atoms with van der Waals surface area (Å²) in [6, 6.07) is 3.59. The van der Waals surface area contributed by atoms with Crippen LogP contribution in [0.1, 0.15) is 30.7 Å². The maximum absolute atomic E-state index is 13.7. The molecule has 1 aromatic rings. The summed E-state index contributed by atoms with van der Waals surface area (Å²) in [5, 5.41) is 2.74. The van der Waals surface area contributed by atoms with Crippen LogP contribution in [0, 0.1) is 17.6 Å². The molecule has 3 rings (SSSR count). The standard InChI is InChI=1S/C15H17F2NO3S/c16-13-5-1-4-10(14(13)17)11-7-12(11)15(19)18-9-3-2-6-22(20,21)8-9/h1,4-5,9,11-12H,2-3,6-8H2,(H,18,19)/t9-,11+,12-/m1/s1. The zero-order chi connectivity index (χ0) is 15.9. The molecule has 7 heteroatoms. The number of sulfone groups is 1. The molecule has 1 amide bonds. The van der Waals surface area contributed by atoms with E-state index in [4.69, 9.17) is 0 Å². The first-order valence-corrected chi connectivity index (χ1v) is 9.14. The van der Waals surface area contributed by atoms with Crippen molar-refractivity contribution < 1.29 is 22.0 Å². The Bertz CT molecular complexity index is 705. The lowest BCUT2D eigenvalue weighted by atomic mass is 10.1. The van der Waals surface area contributed by atoms with E-state index in [0.29, 0.717) is 19.3 Å². The monoisotopic (exact) mass is 329 g/mol. The highest BCUT2D eigenvalue weighted by atomic mass is 32.2. The van der Waals surface area contributed by atoms with E-state index >= 15 is 0 Å². The third-order valence-corrected chi connectivity index (χ3v) is 6.14. The largest absolute Gasteiger partial charge is 0.352 e. The van der Waals surface area contributed by atoms with Crippen LogP contribution in [0.4, 0.5) is 8.78 Å². The number of hydrogen-bond donors (Lipinski definition) is 1. The summed E-state index contributed by atoms with van der Waals surface area (Å²) in [7, 11) is -3.09. The second-order valence-corrected chi connectivity index (χ2v) is 8.28. The van der Waals surface area contributed by atoms with Crippen LogP contribution in [0.15, 0.2) is 18.2 Å². The van der Waals surface area contributed by atoms with E-state index in [9.17, 15) is 22.0 Å². The summed E-state index contributed by atoms with van der Waals surface area (Å²) in [5.41, 5.74) is 0.219. The second kappa shape index (κ2) is 5.61. The minimum absolute atomic E-state index is 0.0372. The fourth-order valence-corrected chi connectivity index (χ4v) is 4.72. The summed E-state index contributed by atoms with van der Waals surface area (Å²) in [6.07, 6.45) is 1.64. The molecule has 1 aromatic carbocycles. The van der Waals surface area contributed by atoms with Crippen molar-refractivity contribution in [2.24, 2.45) is 5.92 Å². The fourth-order valence-electron chi connectivity index (χ4n) is 3.08. The Labute approximate surface area is 127 Å². The Morgan fingerprint density at radius 2 is 2.05 bits per heavy atom. The van der Waals surface area contributed by atoms with Gasteiger partial charge in [-0.3, -0.25) is 4.79 Å². The van der Waals surface area contributed by atoms with Crippen LogP contribution in [0.3, 0.4) is 0 Å². The number of halogens is 2. The quantitative estimate of drug-likeness (QED) is 0.919. The molecule has 0 aromatic heterocycles. The van der Waals surface area contributed by atoms with Crippen molar-refractivity contribution in [3.8, 4) is 0 Å². The van der Waals surface area contributed by atoms with Crippen molar-refractivity contribution in [3.05, 3.63) is 35.4 Å². The van der Waals surface area contributed by atoms with E-state index in [2.05, 4.69) is 5.32 Å². The first kappa shape index (κ1) is 15.4.